The number of methoxy groups -OCH3 is 1. The van der Waals surface area contributed by atoms with Crippen LogP contribution in [0.3, 0.4) is 0 Å². The topological polar surface area (TPSA) is 38.3 Å². The first-order valence-corrected chi connectivity index (χ1v) is 6.23. The summed E-state index contributed by atoms with van der Waals surface area (Å²) in [5.74, 6) is -0.257. The van der Waals surface area contributed by atoms with E-state index < -0.39 is 0 Å². The molecule has 3 nitrogen and oxygen atoms in total. The molecule has 0 radical (unpaired) electrons. The number of benzene rings is 2. The molecule has 0 spiro atoms. The second-order valence-electron chi connectivity index (χ2n) is 4.28. The Labute approximate surface area is 113 Å². The summed E-state index contributed by atoms with van der Waals surface area (Å²) in [5.41, 5.74) is 2.01. The van der Waals surface area contributed by atoms with Gasteiger partial charge in [-0.05, 0) is 17.7 Å². The Kier molecular flexibility index (Phi) is 4.56. The number of hydrogen-bond donors (Lipinski definition) is 1. The van der Waals surface area contributed by atoms with Gasteiger partial charge in [0.05, 0.1) is 7.11 Å². The van der Waals surface area contributed by atoms with Crippen LogP contribution in [0.1, 0.15) is 5.56 Å². The maximum absolute atomic E-state index is 11.8. The van der Waals surface area contributed by atoms with Crippen LogP contribution >= 0.6 is 0 Å². The summed E-state index contributed by atoms with van der Waals surface area (Å²) in [6, 6.07) is 19.2. The van der Waals surface area contributed by atoms with Gasteiger partial charge in [-0.1, -0.05) is 48.5 Å². The first-order valence-electron chi connectivity index (χ1n) is 6.23. The first-order chi connectivity index (χ1) is 9.29. The van der Waals surface area contributed by atoms with Crippen LogP contribution < -0.4 is 5.32 Å². The molecular formula is C16H17NO2. The average molecular weight is 255 g/mol. The highest BCUT2D eigenvalue weighted by atomic mass is 16.5. The molecule has 1 N–H and O–H groups in total. The van der Waals surface area contributed by atoms with Crippen LogP contribution in [-0.4, -0.2) is 19.1 Å². The summed E-state index contributed by atoms with van der Waals surface area (Å²) in [6.07, 6.45) is 0.600. The van der Waals surface area contributed by atoms with Crippen molar-refractivity contribution in [2.45, 2.75) is 12.5 Å². The standard InChI is InChI=1S/C16H17NO2/c1-19-16(18)15(12-13-8-4-2-5-9-13)17-14-10-6-3-7-11-14/h2-11,15,17H,12H2,1H3. The molecule has 1 unspecified atom stereocenters. The molecule has 1 atom stereocenters. The number of ether oxygens (including phenoxy) is 1. The first kappa shape index (κ1) is 13.1. The summed E-state index contributed by atoms with van der Waals surface area (Å²) in [7, 11) is 1.41. The zero-order valence-corrected chi connectivity index (χ0v) is 10.9. The minimum Gasteiger partial charge on any atom is -0.467 e. The predicted octanol–water partition coefficient (Wildman–Crippen LogP) is 2.88. The van der Waals surface area contributed by atoms with Crippen LogP contribution in [0.2, 0.25) is 0 Å². The second-order valence-corrected chi connectivity index (χ2v) is 4.28. The Morgan fingerprint density at radius 2 is 1.63 bits per heavy atom. The van der Waals surface area contributed by atoms with E-state index in [0.717, 1.165) is 11.3 Å². The number of esters is 1. The summed E-state index contributed by atoms with van der Waals surface area (Å²) in [5, 5.41) is 3.20. The third-order valence-electron chi connectivity index (χ3n) is 2.88. The van der Waals surface area contributed by atoms with E-state index in [1.807, 2.05) is 60.7 Å². The van der Waals surface area contributed by atoms with E-state index in [1.54, 1.807) is 0 Å². The smallest absolute Gasteiger partial charge is 0.328 e. The predicted molar refractivity (Wildman–Crippen MR) is 76.0 cm³/mol. The quantitative estimate of drug-likeness (QED) is 0.835. The van der Waals surface area contributed by atoms with E-state index in [-0.39, 0.29) is 12.0 Å². The highest BCUT2D eigenvalue weighted by Gasteiger charge is 2.19. The number of carbonyl (C=O) groups is 1. The number of anilines is 1. The van der Waals surface area contributed by atoms with Crippen molar-refractivity contribution in [1.82, 2.24) is 0 Å². The van der Waals surface area contributed by atoms with E-state index in [0.29, 0.717) is 6.42 Å². The van der Waals surface area contributed by atoms with Crippen LogP contribution in [0.25, 0.3) is 0 Å². The van der Waals surface area contributed by atoms with Gasteiger partial charge in [0.2, 0.25) is 0 Å². The van der Waals surface area contributed by atoms with E-state index >= 15 is 0 Å². The van der Waals surface area contributed by atoms with Gasteiger partial charge in [-0.25, -0.2) is 4.79 Å². The Bertz CT molecular complexity index is 469. The monoisotopic (exact) mass is 255 g/mol. The highest BCUT2D eigenvalue weighted by molar-refractivity contribution is 5.79. The van der Waals surface area contributed by atoms with Crippen LogP contribution in [0, 0.1) is 0 Å². The van der Waals surface area contributed by atoms with Crippen molar-refractivity contribution < 1.29 is 9.53 Å². The third kappa shape index (κ3) is 3.85. The third-order valence-corrected chi connectivity index (χ3v) is 2.88. The van der Waals surface area contributed by atoms with Gasteiger partial charge >= 0.3 is 5.97 Å². The zero-order chi connectivity index (χ0) is 13.5. The fourth-order valence-electron chi connectivity index (χ4n) is 1.92. The van der Waals surface area contributed by atoms with Crippen molar-refractivity contribution in [3.05, 3.63) is 66.2 Å². The van der Waals surface area contributed by atoms with Gasteiger partial charge in [0.15, 0.2) is 0 Å². The summed E-state index contributed by atoms with van der Waals surface area (Å²) in [6.45, 7) is 0. The van der Waals surface area contributed by atoms with Crippen molar-refractivity contribution in [2.24, 2.45) is 0 Å². The normalized spacial score (nSPS) is 11.6. The number of rotatable bonds is 5. The molecule has 0 saturated carbocycles. The van der Waals surface area contributed by atoms with E-state index in [2.05, 4.69) is 5.32 Å². The fourth-order valence-corrected chi connectivity index (χ4v) is 1.92. The number of carbonyl (C=O) groups excluding carboxylic acids is 1. The van der Waals surface area contributed by atoms with Crippen LogP contribution in [0.5, 0.6) is 0 Å². The van der Waals surface area contributed by atoms with E-state index in [9.17, 15) is 4.79 Å². The molecule has 19 heavy (non-hydrogen) atoms. The summed E-state index contributed by atoms with van der Waals surface area (Å²) < 4.78 is 4.86. The van der Waals surface area contributed by atoms with Gasteiger partial charge in [-0.3, -0.25) is 0 Å². The minimum atomic E-state index is -0.380. The maximum Gasteiger partial charge on any atom is 0.328 e. The number of para-hydroxylation sites is 1. The highest BCUT2D eigenvalue weighted by Crippen LogP contribution is 2.12. The molecule has 3 heteroatoms. The largest absolute Gasteiger partial charge is 0.467 e. The molecule has 0 amide bonds. The molecule has 0 aliphatic rings. The van der Waals surface area contributed by atoms with Gasteiger partial charge in [0.25, 0.3) is 0 Å². The van der Waals surface area contributed by atoms with Gasteiger partial charge in [0.1, 0.15) is 6.04 Å². The lowest BCUT2D eigenvalue weighted by Gasteiger charge is -2.17. The molecule has 2 aromatic rings. The molecule has 0 heterocycles. The van der Waals surface area contributed by atoms with Crippen molar-refractivity contribution in [1.29, 1.82) is 0 Å². The Balaban J connectivity index is 2.10. The Hall–Kier alpha value is -2.29. The molecule has 0 fully saturated rings. The summed E-state index contributed by atoms with van der Waals surface area (Å²) >= 11 is 0. The van der Waals surface area contributed by atoms with Crippen molar-refractivity contribution >= 4 is 11.7 Å². The van der Waals surface area contributed by atoms with Crippen LogP contribution in [0.15, 0.2) is 60.7 Å². The number of hydrogen-bond acceptors (Lipinski definition) is 3. The molecule has 0 bridgehead atoms. The van der Waals surface area contributed by atoms with Crippen LogP contribution in [-0.2, 0) is 16.0 Å². The summed E-state index contributed by atoms with van der Waals surface area (Å²) in [4.78, 5) is 11.8. The Morgan fingerprint density at radius 1 is 1.05 bits per heavy atom. The van der Waals surface area contributed by atoms with Crippen LogP contribution in [0.4, 0.5) is 5.69 Å². The lowest BCUT2D eigenvalue weighted by Crippen LogP contribution is -2.32. The lowest BCUT2D eigenvalue weighted by molar-refractivity contribution is -0.141. The van der Waals surface area contributed by atoms with Crippen molar-refractivity contribution in [3.63, 3.8) is 0 Å². The SMILES string of the molecule is COC(=O)C(Cc1ccccc1)Nc1ccccc1. The van der Waals surface area contributed by atoms with E-state index in [1.165, 1.54) is 7.11 Å². The maximum atomic E-state index is 11.8. The van der Waals surface area contributed by atoms with Gasteiger partial charge in [0, 0.05) is 12.1 Å². The van der Waals surface area contributed by atoms with E-state index in [4.69, 9.17) is 4.74 Å². The average Bonchev–Trinajstić information content (AvgIpc) is 2.48. The van der Waals surface area contributed by atoms with Crippen molar-refractivity contribution in [2.75, 3.05) is 12.4 Å². The van der Waals surface area contributed by atoms with Crippen molar-refractivity contribution in [3.8, 4) is 0 Å². The molecule has 2 rings (SSSR count). The molecule has 98 valence electrons. The van der Waals surface area contributed by atoms with Gasteiger partial charge < -0.3 is 10.1 Å². The zero-order valence-electron chi connectivity index (χ0n) is 10.9. The molecule has 2 aromatic carbocycles. The van der Waals surface area contributed by atoms with Gasteiger partial charge in [-0.2, -0.15) is 0 Å². The minimum absolute atomic E-state index is 0.257. The second kappa shape index (κ2) is 6.59. The number of nitrogens with one attached hydrogen (secondary N) is 1. The molecule has 0 aliphatic carbocycles. The lowest BCUT2D eigenvalue weighted by atomic mass is 10.1. The molecule has 0 aliphatic heterocycles. The molecule has 0 saturated heterocycles. The molecular weight excluding hydrogens is 238 g/mol. The molecule has 0 aromatic heterocycles. The Morgan fingerprint density at radius 3 is 2.21 bits per heavy atom. The fraction of sp³-hybridized carbons (Fsp3) is 0.188. The van der Waals surface area contributed by atoms with Gasteiger partial charge in [-0.15, -0.1) is 0 Å².